The summed E-state index contributed by atoms with van der Waals surface area (Å²) in [6, 6.07) is 12.2. The summed E-state index contributed by atoms with van der Waals surface area (Å²) in [5.41, 5.74) is 7.10. The van der Waals surface area contributed by atoms with E-state index in [1.165, 1.54) is 6.07 Å². The Morgan fingerprint density at radius 1 is 1.08 bits per heavy atom. The Kier molecular flexibility index (Phi) is 3.88. The van der Waals surface area contributed by atoms with Crippen LogP contribution in [0.5, 0.6) is 0 Å². The Bertz CT molecular complexity index is 965. The molecular weight excluding hydrogens is 333 g/mol. The van der Waals surface area contributed by atoms with Crippen molar-refractivity contribution in [2.24, 2.45) is 5.10 Å². The highest BCUT2D eigenvalue weighted by Gasteiger charge is 2.32. The van der Waals surface area contributed by atoms with E-state index < -0.39 is 5.82 Å². The number of fused-ring (bicyclic) bond motifs is 1. The number of hydrazone groups is 1. The van der Waals surface area contributed by atoms with Gasteiger partial charge in [0.05, 0.1) is 17.1 Å². The third kappa shape index (κ3) is 2.69. The fourth-order valence-corrected chi connectivity index (χ4v) is 3.27. The second-order valence-corrected chi connectivity index (χ2v) is 6.28. The van der Waals surface area contributed by atoms with Gasteiger partial charge in [0.2, 0.25) is 11.8 Å². The summed E-state index contributed by atoms with van der Waals surface area (Å²) in [4.78, 5) is 24.8. The lowest BCUT2D eigenvalue weighted by atomic mass is 9.95. The monoisotopic (exact) mass is 349 g/mol. The Morgan fingerprint density at radius 2 is 1.77 bits per heavy atom. The van der Waals surface area contributed by atoms with Gasteiger partial charge >= 0.3 is 0 Å². The number of benzene rings is 2. The molecule has 0 saturated carbocycles. The molecule has 0 unspecified atom stereocenters. The number of hydrogen-bond acceptors (Lipinski definition) is 4. The molecule has 2 aliphatic rings. The zero-order valence-electron chi connectivity index (χ0n) is 14.0. The lowest BCUT2D eigenvalue weighted by Gasteiger charge is -2.20. The third-order valence-electron chi connectivity index (χ3n) is 4.56. The first-order chi connectivity index (χ1) is 12.5. The molecule has 0 aliphatic carbocycles. The van der Waals surface area contributed by atoms with E-state index in [0.29, 0.717) is 6.42 Å². The lowest BCUT2D eigenvalue weighted by molar-refractivity contribution is -0.121. The predicted molar refractivity (Wildman–Crippen MR) is 97.0 cm³/mol. The van der Waals surface area contributed by atoms with Gasteiger partial charge in [-0.15, -0.1) is 0 Å². The van der Waals surface area contributed by atoms with Crippen molar-refractivity contribution in [3.8, 4) is 0 Å². The van der Waals surface area contributed by atoms with Crippen LogP contribution in [0.15, 0.2) is 54.1 Å². The maximum atomic E-state index is 14.2. The second kappa shape index (κ2) is 6.22. The van der Waals surface area contributed by atoms with Crippen molar-refractivity contribution < 1.29 is 14.0 Å². The minimum atomic E-state index is -0.588. The molecule has 4 rings (SSSR count). The van der Waals surface area contributed by atoms with Crippen LogP contribution in [0.1, 0.15) is 29.5 Å². The number of nitrogens with one attached hydrogen (secondary N) is 1. The average molecular weight is 349 g/mol. The fourth-order valence-electron chi connectivity index (χ4n) is 3.27. The predicted octanol–water partition coefficient (Wildman–Crippen LogP) is 3.00. The van der Waals surface area contributed by atoms with Gasteiger partial charge in [0.25, 0.3) is 0 Å². The van der Waals surface area contributed by atoms with Crippen LogP contribution in [0.3, 0.4) is 0 Å². The number of hydrogen-bond donors (Lipinski definition) is 1. The Morgan fingerprint density at radius 3 is 2.50 bits per heavy atom. The van der Waals surface area contributed by atoms with Crippen LogP contribution >= 0.6 is 0 Å². The van der Waals surface area contributed by atoms with Gasteiger partial charge in [-0.2, -0.15) is 5.10 Å². The maximum Gasteiger partial charge on any atom is 0.234 e. The van der Waals surface area contributed by atoms with Crippen molar-refractivity contribution in [2.45, 2.75) is 19.3 Å². The third-order valence-corrected chi connectivity index (χ3v) is 4.56. The summed E-state index contributed by atoms with van der Waals surface area (Å²) in [6.45, 7) is 3.94. The molecule has 1 saturated heterocycles. The maximum absolute atomic E-state index is 14.2. The minimum Gasteiger partial charge on any atom is -0.278 e. The number of carbonyl (C=O) groups is 2. The first kappa shape index (κ1) is 16.2. The average Bonchev–Trinajstić information content (AvgIpc) is 2.98. The Hall–Kier alpha value is -3.28. The number of nitrogens with zero attached hydrogens (tertiary/aromatic N) is 2. The molecule has 1 N–H and O–H groups in total. The summed E-state index contributed by atoms with van der Waals surface area (Å²) < 4.78 is 14.2. The molecule has 0 atom stereocenters. The summed E-state index contributed by atoms with van der Waals surface area (Å²) in [5, 5.41) is 4.35. The number of imide groups is 1. The molecule has 0 radical (unpaired) electrons. The number of amides is 2. The fraction of sp³-hybridized carbons (Fsp3) is 0.150. The van der Waals surface area contributed by atoms with Crippen molar-refractivity contribution in [1.29, 1.82) is 0 Å². The van der Waals surface area contributed by atoms with Crippen LogP contribution in [0.2, 0.25) is 0 Å². The molecule has 0 spiro atoms. The van der Waals surface area contributed by atoms with Crippen LogP contribution in [-0.2, 0) is 16.0 Å². The van der Waals surface area contributed by atoms with Crippen LogP contribution in [0.25, 0.3) is 5.70 Å². The molecule has 2 aromatic carbocycles. The topological polar surface area (TPSA) is 61.8 Å². The molecule has 26 heavy (non-hydrogen) atoms. The van der Waals surface area contributed by atoms with Gasteiger partial charge in [-0.1, -0.05) is 36.9 Å². The molecule has 2 aliphatic heterocycles. The molecule has 0 bridgehead atoms. The van der Waals surface area contributed by atoms with Gasteiger partial charge < -0.3 is 0 Å². The highest BCUT2D eigenvalue weighted by Crippen LogP contribution is 2.28. The van der Waals surface area contributed by atoms with Gasteiger partial charge in [0.1, 0.15) is 5.82 Å². The summed E-state index contributed by atoms with van der Waals surface area (Å²) in [5.74, 6) is -1.33. The van der Waals surface area contributed by atoms with Gasteiger partial charge in [-0.25, -0.2) is 9.29 Å². The zero-order valence-corrected chi connectivity index (χ0v) is 14.0. The first-order valence-electron chi connectivity index (χ1n) is 8.30. The van der Waals surface area contributed by atoms with Crippen molar-refractivity contribution in [3.05, 3.63) is 71.6 Å². The molecule has 0 aromatic heterocycles. The van der Waals surface area contributed by atoms with Crippen LogP contribution in [0, 0.1) is 5.82 Å². The van der Waals surface area contributed by atoms with Gasteiger partial charge in [0, 0.05) is 30.4 Å². The summed E-state index contributed by atoms with van der Waals surface area (Å²) in [6.07, 6.45) is 0.671. The van der Waals surface area contributed by atoms with Crippen molar-refractivity contribution in [2.75, 3.05) is 4.90 Å². The highest BCUT2D eigenvalue weighted by molar-refractivity contribution is 6.20. The number of carbonyl (C=O) groups excluding carboxylic acids is 2. The van der Waals surface area contributed by atoms with Gasteiger partial charge in [-0.05, 0) is 17.7 Å². The molecule has 5 nitrogen and oxygen atoms in total. The van der Waals surface area contributed by atoms with E-state index in [1.54, 1.807) is 12.1 Å². The van der Waals surface area contributed by atoms with Crippen LogP contribution in [-0.4, -0.2) is 17.5 Å². The van der Waals surface area contributed by atoms with Crippen molar-refractivity contribution in [1.82, 2.24) is 5.43 Å². The molecular formula is C20H16FN3O2. The van der Waals surface area contributed by atoms with E-state index in [2.05, 4.69) is 17.1 Å². The molecule has 2 heterocycles. The Labute approximate surface area is 149 Å². The van der Waals surface area contributed by atoms with E-state index in [9.17, 15) is 14.0 Å². The summed E-state index contributed by atoms with van der Waals surface area (Å²) in [7, 11) is 0. The van der Waals surface area contributed by atoms with Crippen LogP contribution < -0.4 is 10.3 Å². The van der Waals surface area contributed by atoms with E-state index in [1.807, 2.05) is 24.3 Å². The van der Waals surface area contributed by atoms with Crippen LogP contribution in [0.4, 0.5) is 10.1 Å². The van der Waals surface area contributed by atoms with E-state index in [0.717, 1.165) is 33.0 Å². The summed E-state index contributed by atoms with van der Waals surface area (Å²) >= 11 is 0. The SMILES string of the molecule is C=C1NN=C(Cc2ccc(F)c(N3C(=O)CCC3=O)c2)c2ccccc21. The van der Waals surface area contributed by atoms with Crippen molar-refractivity contribution >= 4 is 28.9 Å². The Balaban J connectivity index is 1.68. The smallest absolute Gasteiger partial charge is 0.234 e. The first-order valence-corrected chi connectivity index (χ1v) is 8.30. The highest BCUT2D eigenvalue weighted by atomic mass is 19.1. The van der Waals surface area contributed by atoms with E-state index in [-0.39, 0.29) is 30.3 Å². The normalized spacial score (nSPS) is 16.4. The number of anilines is 1. The number of rotatable bonds is 3. The largest absolute Gasteiger partial charge is 0.278 e. The molecule has 130 valence electrons. The lowest BCUT2D eigenvalue weighted by Crippen LogP contribution is -2.29. The number of halogens is 1. The van der Waals surface area contributed by atoms with Gasteiger partial charge in [-0.3, -0.25) is 15.0 Å². The molecule has 1 fully saturated rings. The minimum absolute atomic E-state index is 0.0112. The van der Waals surface area contributed by atoms with E-state index in [4.69, 9.17) is 0 Å². The zero-order chi connectivity index (χ0) is 18.3. The van der Waals surface area contributed by atoms with Gasteiger partial charge in [0.15, 0.2) is 0 Å². The standard InChI is InChI=1S/C20H16FN3O2/c1-12-14-4-2-3-5-15(14)17(23-22-12)10-13-6-7-16(21)18(11-13)24-19(25)8-9-20(24)26/h2-7,11,22H,1,8-10H2. The quantitative estimate of drug-likeness (QED) is 0.867. The molecule has 2 aromatic rings. The molecule has 2 amide bonds. The van der Waals surface area contributed by atoms with Crippen molar-refractivity contribution in [3.63, 3.8) is 0 Å². The molecule has 6 heteroatoms. The second-order valence-electron chi connectivity index (χ2n) is 6.28. The van der Waals surface area contributed by atoms with E-state index >= 15 is 0 Å².